The third-order valence-electron chi connectivity index (χ3n) is 3.55. The van der Waals surface area contributed by atoms with Gasteiger partial charge >= 0.3 is 0 Å². The van der Waals surface area contributed by atoms with Gasteiger partial charge in [-0.15, -0.1) is 12.4 Å². The minimum Gasteiger partial charge on any atom is -0.297 e. The molecule has 0 aromatic heterocycles. The number of hydrogen-bond acceptors (Lipinski definition) is 3. The van der Waals surface area contributed by atoms with Gasteiger partial charge in [0.2, 0.25) is 0 Å². The number of nitrogens with zero attached hydrogens (tertiary/aromatic N) is 1. The number of halogens is 1. The minimum atomic E-state index is -4.14. The fourth-order valence-electron chi connectivity index (χ4n) is 2.48. The van der Waals surface area contributed by atoms with Gasteiger partial charge in [-0.25, -0.2) is 0 Å². The summed E-state index contributed by atoms with van der Waals surface area (Å²) in [6.45, 7) is 10.1. The number of hydrogen-bond donors (Lipinski definition) is 1. The Labute approximate surface area is 128 Å². The molecule has 1 aromatic carbocycles. The van der Waals surface area contributed by atoms with Crippen LogP contribution in [0, 0.1) is 6.92 Å². The molecule has 1 unspecified atom stereocenters. The Morgan fingerprint density at radius 3 is 2.15 bits per heavy atom. The summed E-state index contributed by atoms with van der Waals surface area (Å²) >= 11 is 0. The van der Waals surface area contributed by atoms with Crippen LogP contribution in [0.4, 0.5) is 0 Å². The molecule has 0 bridgehead atoms. The maximum Gasteiger partial charge on any atom is 0.294 e. The van der Waals surface area contributed by atoms with Gasteiger partial charge in [0.15, 0.2) is 0 Å². The standard InChI is InChI=1S/C14H23NO3S.ClH/c1-5-14(15(6-2)7-3)13-10-12(19(16,17)18)9-8-11(13)4;/h8-10,14H,5-7H2,1-4H3,(H,16,17,18);1H. The zero-order chi connectivity index (χ0) is 14.6. The maximum absolute atomic E-state index is 11.3. The van der Waals surface area contributed by atoms with E-state index in [2.05, 4.69) is 25.7 Å². The Morgan fingerprint density at radius 2 is 1.75 bits per heavy atom. The molecule has 0 heterocycles. The van der Waals surface area contributed by atoms with Crippen molar-refractivity contribution in [1.29, 1.82) is 0 Å². The van der Waals surface area contributed by atoms with E-state index in [0.29, 0.717) is 0 Å². The average molecular weight is 322 g/mol. The Balaban J connectivity index is 0.00000361. The summed E-state index contributed by atoms with van der Waals surface area (Å²) in [7, 11) is -4.14. The molecule has 20 heavy (non-hydrogen) atoms. The van der Waals surface area contributed by atoms with Crippen LogP contribution in [0.25, 0.3) is 0 Å². The van der Waals surface area contributed by atoms with Gasteiger partial charge in [-0.1, -0.05) is 26.8 Å². The highest BCUT2D eigenvalue weighted by atomic mass is 35.5. The first-order chi connectivity index (χ1) is 8.85. The molecule has 6 heteroatoms. The van der Waals surface area contributed by atoms with Crippen LogP contribution in [0.2, 0.25) is 0 Å². The van der Waals surface area contributed by atoms with Crippen LogP contribution < -0.4 is 0 Å². The molecule has 0 radical (unpaired) electrons. The molecule has 0 amide bonds. The summed E-state index contributed by atoms with van der Waals surface area (Å²) in [6.07, 6.45) is 0.900. The van der Waals surface area contributed by atoms with E-state index in [1.165, 1.54) is 6.07 Å². The van der Waals surface area contributed by atoms with Crippen molar-refractivity contribution in [2.45, 2.75) is 45.1 Å². The van der Waals surface area contributed by atoms with Crippen molar-refractivity contribution in [1.82, 2.24) is 4.90 Å². The largest absolute Gasteiger partial charge is 0.297 e. The average Bonchev–Trinajstić information content (AvgIpc) is 2.35. The van der Waals surface area contributed by atoms with Gasteiger partial charge in [0.1, 0.15) is 0 Å². The lowest BCUT2D eigenvalue weighted by Gasteiger charge is -2.30. The lowest BCUT2D eigenvalue weighted by molar-refractivity contribution is 0.212. The molecule has 0 aliphatic rings. The molecule has 0 aliphatic carbocycles. The molecule has 1 rings (SSSR count). The molecule has 1 N–H and O–H groups in total. The molecule has 1 aromatic rings. The van der Waals surface area contributed by atoms with Crippen LogP contribution in [0.1, 0.15) is 44.4 Å². The number of aryl methyl sites for hydroxylation is 1. The van der Waals surface area contributed by atoms with Crippen LogP contribution in [-0.2, 0) is 10.1 Å². The van der Waals surface area contributed by atoms with Gasteiger partial charge in [-0.3, -0.25) is 9.45 Å². The minimum absolute atomic E-state index is 0. The van der Waals surface area contributed by atoms with Crippen molar-refractivity contribution in [2.24, 2.45) is 0 Å². The molecule has 0 saturated carbocycles. The van der Waals surface area contributed by atoms with Crippen molar-refractivity contribution in [3.63, 3.8) is 0 Å². The van der Waals surface area contributed by atoms with Crippen LogP contribution in [0.3, 0.4) is 0 Å². The van der Waals surface area contributed by atoms with Gasteiger partial charge in [0.25, 0.3) is 10.1 Å². The second kappa shape index (κ2) is 7.98. The van der Waals surface area contributed by atoms with E-state index in [1.807, 2.05) is 6.92 Å². The Bertz CT molecular complexity index is 527. The monoisotopic (exact) mass is 321 g/mol. The first-order valence-electron chi connectivity index (χ1n) is 6.67. The predicted octanol–water partition coefficient (Wildman–Crippen LogP) is 3.46. The number of benzene rings is 1. The van der Waals surface area contributed by atoms with E-state index in [4.69, 9.17) is 0 Å². The Kier molecular flexibility index (Phi) is 7.73. The van der Waals surface area contributed by atoms with Crippen molar-refractivity contribution in [3.05, 3.63) is 29.3 Å². The molecule has 116 valence electrons. The summed E-state index contributed by atoms with van der Waals surface area (Å²) < 4.78 is 31.7. The quantitative estimate of drug-likeness (QED) is 0.815. The summed E-state index contributed by atoms with van der Waals surface area (Å²) in [5, 5.41) is 0. The zero-order valence-corrected chi connectivity index (χ0v) is 14.1. The van der Waals surface area contributed by atoms with E-state index < -0.39 is 10.1 Å². The molecule has 4 nitrogen and oxygen atoms in total. The first kappa shape index (κ1) is 19.4. The van der Waals surface area contributed by atoms with Crippen LogP contribution in [0.15, 0.2) is 23.1 Å². The molecular weight excluding hydrogens is 298 g/mol. The zero-order valence-electron chi connectivity index (χ0n) is 12.5. The maximum atomic E-state index is 11.3. The SMILES string of the molecule is CCC(c1cc(S(=O)(=O)O)ccc1C)N(CC)CC.Cl. The highest BCUT2D eigenvalue weighted by molar-refractivity contribution is 7.85. The highest BCUT2D eigenvalue weighted by Gasteiger charge is 2.20. The summed E-state index contributed by atoms with van der Waals surface area (Å²) in [5.41, 5.74) is 2.02. The van der Waals surface area contributed by atoms with Gasteiger partial charge in [-0.2, -0.15) is 8.42 Å². The van der Waals surface area contributed by atoms with E-state index in [9.17, 15) is 13.0 Å². The van der Waals surface area contributed by atoms with E-state index in [-0.39, 0.29) is 23.3 Å². The molecule has 1 atom stereocenters. The normalized spacial score (nSPS) is 13.1. The second-order valence-electron chi connectivity index (χ2n) is 4.64. The van der Waals surface area contributed by atoms with Crippen molar-refractivity contribution < 1.29 is 13.0 Å². The van der Waals surface area contributed by atoms with Gasteiger partial charge in [-0.05, 0) is 49.7 Å². The molecule has 0 spiro atoms. The Hall–Kier alpha value is -0.620. The fourth-order valence-corrected chi connectivity index (χ4v) is 2.99. The third-order valence-corrected chi connectivity index (χ3v) is 4.40. The summed E-state index contributed by atoms with van der Waals surface area (Å²) in [4.78, 5) is 2.26. The van der Waals surface area contributed by atoms with Crippen LogP contribution in [0.5, 0.6) is 0 Å². The molecule has 0 saturated heterocycles. The van der Waals surface area contributed by atoms with Crippen molar-refractivity contribution in [3.8, 4) is 0 Å². The molecule has 0 aliphatic heterocycles. The fraction of sp³-hybridized carbons (Fsp3) is 0.571. The highest BCUT2D eigenvalue weighted by Crippen LogP contribution is 2.28. The predicted molar refractivity (Wildman–Crippen MR) is 84.2 cm³/mol. The first-order valence-corrected chi connectivity index (χ1v) is 8.11. The lowest BCUT2D eigenvalue weighted by Crippen LogP contribution is -2.28. The smallest absolute Gasteiger partial charge is 0.294 e. The topological polar surface area (TPSA) is 57.6 Å². The summed E-state index contributed by atoms with van der Waals surface area (Å²) in [6, 6.07) is 4.97. The van der Waals surface area contributed by atoms with Crippen LogP contribution >= 0.6 is 12.4 Å². The van der Waals surface area contributed by atoms with E-state index >= 15 is 0 Å². The molecular formula is C14H24ClNO3S. The second-order valence-corrected chi connectivity index (χ2v) is 6.06. The molecule has 0 fully saturated rings. The van der Waals surface area contributed by atoms with Crippen LogP contribution in [-0.4, -0.2) is 31.0 Å². The number of rotatable bonds is 6. The van der Waals surface area contributed by atoms with Gasteiger partial charge in [0, 0.05) is 6.04 Å². The van der Waals surface area contributed by atoms with Gasteiger partial charge in [0.05, 0.1) is 4.90 Å². The van der Waals surface area contributed by atoms with Gasteiger partial charge < -0.3 is 0 Å². The van der Waals surface area contributed by atoms with Crippen molar-refractivity contribution >= 4 is 22.5 Å². The van der Waals surface area contributed by atoms with Crippen molar-refractivity contribution in [2.75, 3.05) is 13.1 Å². The summed E-state index contributed by atoms with van der Waals surface area (Å²) in [5.74, 6) is 0. The van der Waals surface area contributed by atoms with E-state index in [1.54, 1.807) is 12.1 Å². The third kappa shape index (κ3) is 4.45. The Morgan fingerprint density at radius 1 is 1.20 bits per heavy atom. The lowest BCUT2D eigenvalue weighted by atomic mass is 9.98. The van der Waals surface area contributed by atoms with E-state index in [0.717, 1.165) is 30.6 Å².